The highest BCUT2D eigenvalue weighted by Crippen LogP contribution is 2.33. The minimum Gasteiger partial charge on any atom is -0.378 e. The third-order valence-electron chi connectivity index (χ3n) is 7.61. The molecule has 2 aromatic rings. The van der Waals surface area contributed by atoms with Crippen LogP contribution in [0.1, 0.15) is 23.6 Å². The van der Waals surface area contributed by atoms with Gasteiger partial charge in [0.05, 0.1) is 37.0 Å². The van der Waals surface area contributed by atoms with E-state index < -0.39 is 5.82 Å². The zero-order valence-corrected chi connectivity index (χ0v) is 19.3. The van der Waals surface area contributed by atoms with E-state index in [9.17, 15) is 9.18 Å². The smallest absolute Gasteiger partial charge is 0.243 e. The van der Waals surface area contributed by atoms with Gasteiger partial charge in [-0.05, 0) is 36.2 Å². The Balaban J connectivity index is 1.19. The van der Waals surface area contributed by atoms with Crippen LogP contribution in [0, 0.1) is 12.7 Å². The van der Waals surface area contributed by atoms with Crippen LogP contribution < -0.4 is 26.2 Å². The number of hydrogen-bond acceptors (Lipinski definition) is 7. The number of nitrogens with one attached hydrogen (secondary N) is 3. The van der Waals surface area contributed by atoms with Gasteiger partial charge in [0.25, 0.3) is 0 Å². The predicted octanol–water partition coefficient (Wildman–Crippen LogP) is 1.48. The molecule has 0 radical (unpaired) electrons. The fraction of sp³-hybridized carbons (Fsp3) is 0.480. The first-order valence-electron chi connectivity index (χ1n) is 12.1. The van der Waals surface area contributed by atoms with Gasteiger partial charge in [0.1, 0.15) is 5.82 Å². The minimum absolute atomic E-state index is 0.0506. The zero-order chi connectivity index (χ0) is 23.2. The van der Waals surface area contributed by atoms with Crippen LogP contribution in [-0.2, 0) is 9.53 Å². The third kappa shape index (κ3) is 3.87. The molecule has 4 atom stereocenters. The third-order valence-corrected chi connectivity index (χ3v) is 7.61. The fourth-order valence-electron chi connectivity index (χ4n) is 5.71. The molecule has 1 amide bonds. The number of hydrazine groups is 2. The van der Waals surface area contributed by atoms with Crippen LogP contribution in [0.25, 0.3) is 0 Å². The van der Waals surface area contributed by atoms with Crippen molar-refractivity contribution >= 4 is 17.3 Å². The van der Waals surface area contributed by atoms with Crippen LogP contribution in [-0.4, -0.2) is 68.3 Å². The Hall–Kier alpha value is -2.56. The summed E-state index contributed by atoms with van der Waals surface area (Å²) in [5.41, 5.74) is 13.3. The van der Waals surface area contributed by atoms with Gasteiger partial charge < -0.3 is 9.64 Å². The average molecular weight is 467 g/mol. The lowest BCUT2D eigenvalue weighted by Crippen LogP contribution is -2.60. The number of aryl methyl sites for hydroxylation is 1. The number of piperazine rings is 1. The molecule has 4 aliphatic rings. The molecule has 0 aromatic heterocycles. The predicted molar refractivity (Wildman–Crippen MR) is 128 cm³/mol. The van der Waals surface area contributed by atoms with Crippen molar-refractivity contribution in [3.05, 3.63) is 59.4 Å². The largest absolute Gasteiger partial charge is 0.378 e. The first kappa shape index (κ1) is 21.9. The lowest BCUT2D eigenvalue weighted by molar-refractivity contribution is -0.121. The van der Waals surface area contributed by atoms with Crippen molar-refractivity contribution in [2.45, 2.75) is 37.5 Å². The number of amides is 1. The molecule has 4 aliphatic heterocycles. The number of halogens is 1. The van der Waals surface area contributed by atoms with Crippen LogP contribution in [0.5, 0.6) is 0 Å². The molecule has 34 heavy (non-hydrogen) atoms. The van der Waals surface area contributed by atoms with Crippen LogP contribution in [0.3, 0.4) is 0 Å². The van der Waals surface area contributed by atoms with Crippen molar-refractivity contribution in [3.63, 3.8) is 0 Å². The summed E-state index contributed by atoms with van der Waals surface area (Å²) in [6.07, 6.45) is 0.292. The first-order valence-corrected chi connectivity index (χ1v) is 12.1. The fourth-order valence-corrected chi connectivity index (χ4v) is 5.71. The Morgan fingerprint density at radius 1 is 1.06 bits per heavy atom. The van der Waals surface area contributed by atoms with Crippen molar-refractivity contribution in [3.8, 4) is 0 Å². The summed E-state index contributed by atoms with van der Waals surface area (Å²) < 4.78 is 20.3. The Labute approximate surface area is 199 Å². The molecule has 0 saturated carbocycles. The Bertz CT molecular complexity index is 1050. The normalized spacial score (nSPS) is 29.8. The molecule has 3 unspecified atom stereocenters. The standard InChI is InChI=1S/C25H31FN6O2/c1-16-3-2-4-20(26)25(16)32-22(33)13-21-24(29-32)23(28-27-21)17-5-7-18(8-6-17)31-10-9-30-11-12-34-15-19(30)14-31/h2-8,19,21,23-24,27-29H,9-15H2,1H3/t19-,21?,23?,24?/m0/s1. The Morgan fingerprint density at radius 3 is 2.74 bits per heavy atom. The van der Waals surface area contributed by atoms with Gasteiger partial charge in [0.15, 0.2) is 0 Å². The molecule has 6 rings (SSSR count). The second kappa shape index (κ2) is 8.90. The van der Waals surface area contributed by atoms with Crippen LogP contribution >= 0.6 is 0 Å². The Morgan fingerprint density at radius 2 is 1.91 bits per heavy atom. The number of para-hydroxylation sites is 1. The molecule has 2 aromatic carbocycles. The highest BCUT2D eigenvalue weighted by molar-refractivity contribution is 5.94. The lowest BCUT2D eigenvalue weighted by Gasteiger charge is -2.44. The van der Waals surface area contributed by atoms with Crippen molar-refractivity contribution < 1.29 is 13.9 Å². The zero-order valence-electron chi connectivity index (χ0n) is 19.3. The van der Waals surface area contributed by atoms with Crippen LogP contribution in [0.15, 0.2) is 42.5 Å². The quantitative estimate of drug-likeness (QED) is 0.633. The number of hydrogen-bond donors (Lipinski definition) is 3. The van der Waals surface area contributed by atoms with Crippen molar-refractivity contribution in [2.24, 2.45) is 0 Å². The molecule has 4 heterocycles. The molecule has 4 saturated heterocycles. The van der Waals surface area contributed by atoms with E-state index in [0.717, 1.165) is 50.5 Å². The van der Waals surface area contributed by atoms with Gasteiger partial charge in [-0.2, -0.15) is 0 Å². The van der Waals surface area contributed by atoms with Gasteiger partial charge in [-0.3, -0.25) is 15.1 Å². The van der Waals surface area contributed by atoms with Gasteiger partial charge in [-0.1, -0.05) is 24.3 Å². The summed E-state index contributed by atoms with van der Waals surface area (Å²) in [5, 5.41) is 1.40. The number of morpholine rings is 1. The SMILES string of the molecule is Cc1cccc(F)c1N1NC2C(CC1=O)NNC2c1ccc(N2CCN3CCOC[C@@H]3C2)cc1. The summed E-state index contributed by atoms with van der Waals surface area (Å²) in [7, 11) is 0. The monoisotopic (exact) mass is 466 g/mol. The van der Waals surface area contributed by atoms with Gasteiger partial charge >= 0.3 is 0 Å². The van der Waals surface area contributed by atoms with E-state index in [1.807, 2.05) is 13.0 Å². The number of fused-ring (bicyclic) bond motifs is 2. The maximum absolute atomic E-state index is 14.6. The maximum Gasteiger partial charge on any atom is 0.243 e. The first-order chi connectivity index (χ1) is 16.6. The van der Waals surface area contributed by atoms with Gasteiger partial charge in [-0.25, -0.2) is 20.3 Å². The van der Waals surface area contributed by atoms with E-state index in [2.05, 4.69) is 50.3 Å². The second-order valence-electron chi connectivity index (χ2n) is 9.67. The molecular weight excluding hydrogens is 435 g/mol. The van der Waals surface area contributed by atoms with Crippen molar-refractivity contribution in [2.75, 3.05) is 49.3 Å². The topological polar surface area (TPSA) is 72.1 Å². The molecule has 180 valence electrons. The van der Waals surface area contributed by atoms with E-state index in [-0.39, 0.29) is 24.0 Å². The molecule has 9 heteroatoms. The number of nitrogens with zero attached hydrogens (tertiary/aromatic N) is 3. The number of ether oxygens (including phenoxy) is 1. The summed E-state index contributed by atoms with van der Waals surface area (Å²) in [6, 6.07) is 13.8. The average Bonchev–Trinajstić information content (AvgIpc) is 3.26. The molecule has 0 bridgehead atoms. The number of rotatable bonds is 3. The van der Waals surface area contributed by atoms with Gasteiger partial charge in [-0.15, -0.1) is 0 Å². The van der Waals surface area contributed by atoms with Crippen LogP contribution in [0.2, 0.25) is 0 Å². The molecule has 4 fully saturated rings. The van der Waals surface area contributed by atoms with Crippen molar-refractivity contribution in [1.29, 1.82) is 0 Å². The van der Waals surface area contributed by atoms with Gasteiger partial charge in [0, 0.05) is 44.3 Å². The maximum atomic E-state index is 14.6. The Kier molecular flexibility index (Phi) is 5.74. The molecular formula is C25H31FN6O2. The van der Waals surface area contributed by atoms with Crippen molar-refractivity contribution in [1.82, 2.24) is 21.2 Å². The number of carbonyl (C=O) groups excluding carboxylic acids is 1. The summed E-state index contributed by atoms with van der Waals surface area (Å²) in [6.45, 7) is 7.55. The number of carbonyl (C=O) groups is 1. The van der Waals surface area contributed by atoms with Gasteiger partial charge in [0.2, 0.25) is 5.91 Å². The number of anilines is 2. The molecule has 3 N–H and O–H groups in total. The van der Waals surface area contributed by atoms with E-state index in [1.54, 1.807) is 6.07 Å². The second-order valence-corrected chi connectivity index (χ2v) is 9.67. The van der Waals surface area contributed by atoms with E-state index in [1.165, 1.54) is 16.8 Å². The summed E-state index contributed by atoms with van der Waals surface area (Å²) >= 11 is 0. The van der Waals surface area contributed by atoms with E-state index >= 15 is 0 Å². The van der Waals surface area contributed by atoms with E-state index in [0.29, 0.717) is 18.2 Å². The molecule has 8 nitrogen and oxygen atoms in total. The van der Waals surface area contributed by atoms with E-state index in [4.69, 9.17) is 4.74 Å². The molecule has 0 spiro atoms. The number of benzene rings is 2. The molecule has 0 aliphatic carbocycles. The lowest BCUT2D eigenvalue weighted by atomic mass is 9.93. The highest BCUT2D eigenvalue weighted by atomic mass is 19.1. The van der Waals surface area contributed by atoms with Crippen LogP contribution in [0.4, 0.5) is 15.8 Å². The summed E-state index contributed by atoms with van der Waals surface area (Å²) in [5.74, 6) is -0.548. The minimum atomic E-state index is -0.400. The summed E-state index contributed by atoms with van der Waals surface area (Å²) in [4.78, 5) is 17.8. The highest BCUT2D eigenvalue weighted by Gasteiger charge is 2.44.